The third-order valence-corrected chi connectivity index (χ3v) is 2.01. The number of amides is 1. The molecular formula is C11H13F3N2O2. The summed E-state index contributed by atoms with van der Waals surface area (Å²) in [6, 6.07) is 6.62. The first-order valence-electron chi connectivity index (χ1n) is 5.16. The summed E-state index contributed by atoms with van der Waals surface area (Å²) in [5.74, 6) is -0.426. The number of benzene rings is 1. The monoisotopic (exact) mass is 262 g/mol. The minimum Gasteiger partial charge on any atom is -0.484 e. The molecular weight excluding hydrogens is 249 g/mol. The fourth-order valence-electron chi connectivity index (χ4n) is 1.12. The molecule has 0 spiro atoms. The predicted octanol–water partition coefficient (Wildman–Crippen LogP) is 1.20. The van der Waals surface area contributed by atoms with Crippen LogP contribution in [0.5, 0.6) is 5.75 Å². The Hall–Kier alpha value is -1.76. The Bertz CT molecular complexity index is 390. The van der Waals surface area contributed by atoms with Gasteiger partial charge in [0, 0.05) is 6.54 Å². The van der Waals surface area contributed by atoms with Crippen molar-refractivity contribution in [2.45, 2.75) is 12.7 Å². The number of hydrogen-bond acceptors (Lipinski definition) is 3. The van der Waals surface area contributed by atoms with Crippen LogP contribution in [0.1, 0.15) is 5.56 Å². The molecule has 0 aliphatic heterocycles. The maximum absolute atomic E-state index is 11.8. The van der Waals surface area contributed by atoms with Crippen LogP contribution < -0.4 is 15.8 Å². The van der Waals surface area contributed by atoms with Gasteiger partial charge < -0.3 is 15.8 Å². The van der Waals surface area contributed by atoms with E-state index in [4.69, 9.17) is 10.5 Å². The van der Waals surface area contributed by atoms with Gasteiger partial charge in [-0.05, 0) is 17.7 Å². The summed E-state index contributed by atoms with van der Waals surface area (Å²) < 4.78 is 40.4. The highest BCUT2D eigenvalue weighted by molar-refractivity contribution is 5.77. The Labute approximate surface area is 102 Å². The van der Waals surface area contributed by atoms with Crippen LogP contribution in [0.2, 0.25) is 0 Å². The molecule has 0 saturated heterocycles. The maximum Gasteiger partial charge on any atom is 0.405 e. The Balaban J connectivity index is 2.33. The number of nitrogens with two attached hydrogens (primary N) is 1. The molecule has 1 aromatic rings. The Morgan fingerprint density at radius 2 is 1.89 bits per heavy atom. The second kappa shape index (κ2) is 6.25. The van der Waals surface area contributed by atoms with E-state index in [1.807, 2.05) is 0 Å². The summed E-state index contributed by atoms with van der Waals surface area (Å²) in [4.78, 5) is 11.0. The van der Waals surface area contributed by atoms with E-state index in [1.165, 1.54) is 0 Å². The topological polar surface area (TPSA) is 64.3 Å². The van der Waals surface area contributed by atoms with Crippen molar-refractivity contribution < 1.29 is 22.7 Å². The predicted molar refractivity (Wildman–Crippen MR) is 58.9 cm³/mol. The molecule has 7 heteroatoms. The standard InChI is InChI=1S/C11H13F3N2O2/c12-11(13,14)7-16-10(17)6-18-9-3-1-8(5-15)2-4-9/h1-4H,5-7,15H2,(H,16,17). The second-order valence-corrected chi connectivity index (χ2v) is 3.53. The molecule has 4 nitrogen and oxygen atoms in total. The smallest absolute Gasteiger partial charge is 0.405 e. The number of ether oxygens (including phenoxy) is 1. The van der Waals surface area contributed by atoms with Crippen LogP contribution in [0.3, 0.4) is 0 Å². The van der Waals surface area contributed by atoms with Crippen LogP contribution in [-0.4, -0.2) is 25.2 Å². The van der Waals surface area contributed by atoms with Gasteiger partial charge in [-0.2, -0.15) is 13.2 Å². The zero-order valence-electron chi connectivity index (χ0n) is 9.46. The summed E-state index contributed by atoms with van der Waals surface area (Å²) in [5, 5.41) is 1.71. The summed E-state index contributed by atoms with van der Waals surface area (Å²) in [7, 11) is 0. The van der Waals surface area contributed by atoms with Crippen LogP contribution >= 0.6 is 0 Å². The van der Waals surface area contributed by atoms with Gasteiger partial charge in [-0.1, -0.05) is 12.1 Å². The van der Waals surface area contributed by atoms with Crippen molar-refractivity contribution in [3.05, 3.63) is 29.8 Å². The molecule has 0 heterocycles. The zero-order chi connectivity index (χ0) is 13.6. The summed E-state index contributed by atoms with van der Waals surface area (Å²) in [5.41, 5.74) is 6.28. The van der Waals surface area contributed by atoms with Crippen molar-refractivity contribution in [3.8, 4) is 5.75 Å². The van der Waals surface area contributed by atoms with Crippen molar-refractivity contribution in [2.75, 3.05) is 13.2 Å². The molecule has 3 N–H and O–H groups in total. The van der Waals surface area contributed by atoms with Gasteiger partial charge in [0.2, 0.25) is 0 Å². The lowest BCUT2D eigenvalue weighted by molar-refractivity contribution is -0.139. The highest BCUT2D eigenvalue weighted by atomic mass is 19.4. The van der Waals surface area contributed by atoms with Gasteiger partial charge in [0.1, 0.15) is 12.3 Å². The van der Waals surface area contributed by atoms with E-state index in [1.54, 1.807) is 29.6 Å². The minimum atomic E-state index is -4.42. The van der Waals surface area contributed by atoms with E-state index in [2.05, 4.69) is 0 Å². The normalized spacial score (nSPS) is 11.1. The zero-order valence-corrected chi connectivity index (χ0v) is 9.46. The largest absolute Gasteiger partial charge is 0.484 e. The van der Waals surface area contributed by atoms with Crippen LogP contribution in [0.4, 0.5) is 13.2 Å². The van der Waals surface area contributed by atoms with Crippen molar-refractivity contribution in [3.63, 3.8) is 0 Å². The van der Waals surface area contributed by atoms with Gasteiger partial charge in [-0.15, -0.1) is 0 Å². The van der Waals surface area contributed by atoms with Crippen molar-refractivity contribution >= 4 is 5.91 Å². The molecule has 0 aliphatic carbocycles. The molecule has 0 fully saturated rings. The van der Waals surface area contributed by atoms with Crippen LogP contribution in [0.15, 0.2) is 24.3 Å². The third-order valence-electron chi connectivity index (χ3n) is 2.01. The van der Waals surface area contributed by atoms with Gasteiger partial charge in [-0.25, -0.2) is 0 Å². The molecule has 18 heavy (non-hydrogen) atoms. The van der Waals surface area contributed by atoms with Crippen LogP contribution in [-0.2, 0) is 11.3 Å². The molecule has 0 saturated carbocycles. The molecule has 100 valence electrons. The number of alkyl halides is 3. The number of halogens is 3. The van der Waals surface area contributed by atoms with Gasteiger partial charge in [0.15, 0.2) is 6.61 Å². The first-order chi connectivity index (χ1) is 8.40. The molecule has 0 unspecified atom stereocenters. The molecule has 0 aliphatic rings. The fourth-order valence-corrected chi connectivity index (χ4v) is 1.12. The lowest BCUT2D eigenvalue weighted by Gasteiger charge is -2.09. The van der Waals surface area contributed by atoms with E-state index < -0.39 is 25.2 Å². The number of carbonyl (C=O) groups excluding carboxylic acids is 1. The Kier molecular flexibility index (Phi) is 4.96. The van der Waals surface area contributed by atoms with Crippen LogP contribution in [0, 0.1) is 0 Å². The van der Waals surface area contributed by atoms with Gasteiger partial charge in [0.25, 0.3) is 5.91 Å². The molecule has 0 atom stereocenters. The second-order valence-electron chi connectivity index (χ2n) is 3.53. The van der Waals surface area contributed by atoms with Gasteiger partial charge >= 0.3 is 6.18 Å². The van der Waals surface area contributed by atoms with E-state index in [0.29, 0.717) is 12.3 Å². The highest BCUT2D eigenvalue weighted by Gasteiger charge is 2.27. The van der Waals surface area contributed by atoms with E-state index >= 15 is 0 Å². The molecule has 1 amide bonds. The first kappa shape index (κ1) is 14.3. The molecule has 0 aromatic heterocycles. The van der Waals surface area contributed by atoms with Crippen molar-refractivity contribution in [1.82, 2.24) is 5.32 Å². The maximum atomic E-state index is 11.8. The first-order valence-corrected chi connectivity index (χ1v) is 5.16. The van der Waals surface area contributed by atoms with E-state index in [0.717, 1.165) is 5.56 Å². The highest BCUT2D eigenvalue weighted by Crippen LogP contribution is 2.13. The Morgan fingerprint density at radius 1 is 1.28 bits per heavy atom. The molecule has 1 rings (SSSR count). The van der Waals surface area contributed by atoms with E-state index in [-0.39, 0.29) is 0 Å². The lowest BCUT2D eigenvalue weighted by Crippen LogP contribution is -2.36. The minimum absolute atomic E-state index is 0.381. The third kappa shape index (κ3) is 5.53. The van der Waals surface area contributed by atoms with Gasteiger partial charge in [-0.3, -0.25) is 4.79 Å². The SMILES string of the molecule is NCc1ccc(OCC(=O)NCC(F)(F)F)cc1. The molecule has 0 bridgehead atoms. The number of carbonyl (C=O) groups is 1. The fraction of sp³-hybridized carbons (Fsp3) is 0.364. The Morgan fingerprint density at radius 3 is 2.39 bits per heavy atom. The van der Waals surface area contributed by atoms with Crippen molar-refractivity contribution in [1.29, 1.82) is 0 Å². The van der Waals surface area contributed by atoms with Crippen LogP contribution in [0.25, 0.3) is 0 Å². The summed E-state index contributed by atoms with van der Waals surface area (Å²) >= 11 is 0. The van der Waals surface area contributed by atoms with Crippen molar-refractivity contribution in [2.24, 2.45) is 5.73 Å². The quantitative estimate of drug-likeness (QED) is 0.838. The average Bonchev–Trinajstić information content (AvgIpc) is 2.33. The van der Waals surface area contributed by atoms with Gasteiger partial charge in [0.05, 0.1) is 0 Å². The summed E-state index contributed by atoms with van der Waals surface area (Å²) in [6.45, 7) is -1.44. The number of hydrogen-bond donors (Lipinski definition) is 2. The summed E-state index contributed by atoms with van der Waals surface area (Å²) in [6.07, 6.45) is -4.42. The number of rotatable bonds is 5. The number of nitrogens with one attached hydrogen (secondary N) is 1. The lowest BCUT2D eigenvalue weighted by atomic mass is 10.2. The van der Waals surface area contributed by atoms with E-state index in [9.17, 15) is 18.0 Å². The average molecular weight is 262 g/mol. The molecule has 1 aromatic carbocycles. The molecule has 0 radical (unpaired) electrons.